The minimum Gasteiger partial charge on any atom is -0.484 e. The number of anilines is 1. The molecule has 0 atom stereocenters. The van der Waals surface area contributed by atoms with Crippen LogP contribution in [0.4, 0.5) is 5.69 Å². The smallest absolute Gasteiger partial charge is 0.262 e. The molecule has 0 saturated heterocycles. The first-order chi connectivity index (χ1) is 12.2. The van der Waals surface area contributed by atoms with Crippen LogP contribution in [0.15, 0.2) is 53.9 Å². The minimum absolute atomic E-state index is 0.129. The first-order valence-corrected chi connectivity index (χ1v) is 8.48. The standard InChI is InChI=1S/C19H15N3O2S/c1-13-12-25-19(21-13)14-6-8-16(9-7-14)24-11-18(23)22-17-5-3-2-4-15(17)10-20/h2-9,12H,11H2,1H3,(H,22,23). The highest BCUT2D eigenvalue weighted by Crippen LogP contribution is 2.25. The number of ether oxygens (including phenoxy) is 1. The number of thiazole rings is 1. The molecule has 0 aliphatic carbocycles. The summed E-state index contributed by atoms with van der Waals surface area (Å²) in [6.07, 6.45) is 0. The van der Waals surface area contributed by atoms with Gasteiger partial charge in [0.15, 0.2) is 6.61 Å². The number of rotatable bonds is 5. The Hall–Kier alpha value is -3.17. The van der Waals surface area contributed by atoms with Gasteiger partial charge in [0.2, 0.25) is 0 Å². The van der Waals surface area contributed by atoms with E-state index in [0.29, 0.717) is 17.0 Å². The van der Waals surface area contributed by atoms with Crippen LogP contribution in [0.25, 0.3) is 10.6 Å². The Balaban J connectivity index is 1.58. The molecule has 0 spiro atoms. The van der Waals surface area contributed by atoms with Crippen LogP contribution < -0.4 is 10.1 Å². The first kappa shape index (κ1) is 16.7. The number of nitrogens with zero attached hydrogens (tertiary/aromatic N) is 2. The molecule has 0 radical (unpaired) electrons. The summed E-state index contributed by atoms with van der Waals surface area (Å²) in [6, 6.07) is 16.3. The largest absolute Gasteiger partial charge is 0.484 e. The van der Waals surface area contributed by atoms with Gasteiger partial charge in [-0.25, -0.2) is 4.98 Å². The number of hydrogen-bond donors (Lipinski definition) is 1. The van der Waals surface area contributed by atoms with Crippen LogP contribution in [0.3, 0.4) is 0 Å². The SMILES string of the molecule is Cc1csc(-c2ccc(OCC(=O)Nc3ccccc3C#N)cc2)n1. The van der Waals surface area contributed by atoms with Crippen LogP contribution in [0.5, 0.6) is 5.75 Å². The van der Waals surface area contributed by atoms with E-state index in [-0.39, 0.29) is 12.5 Å². The zero-order valence-corrected chi connectivity index (χ0v) is 14.3. The van der Waals surface area contributed by atoms with E-state index in [1.165, 1.54) is 0 Å². The molecule has 0 aliphatic rings. The number of para-hydroxylation sites is 1. The molecule has 0 saturated carbocycles. The molecule has 0 aliphatic heterocycles. The predicted octanol–water partition coefficient (Wildman–Crippen LogP) is 4.01. The Labute approximate surface area is 149 Å². The molecule has 25 heavy (non-hydrogen) atoms. The zero-order chi connectivity index (χ0) is 17.6. The van der Waals surface area contributed by atoms with E-state index < -0.39 is 0 Å². The van der Waals surface area contributed by atoms with Crippen LogP contribution in [-0.4, -0.2) is 17.5 Å². The molecular formula is C19H15N3O2S. The lowest BCUT2D eigenvalue weighted by Gasteiger charge is -2.09. The quantitative estimate of drug-likeness (QED) is 0.755. The molecule has 6 heteroatoms. The number of amides is 1. The van der Waals surface area contributed by atoms with E-state index in [4.69, 9.17) is 10.00 Å². The van der Waals surface area contributed by atoms with Crippen molar-refractivity contribution in [3.63, 3.8) is 0 Å². The number of benzene rings is 2. The molecule has 2 aromatic carbocycles. The highest BCUT2D eigenvalue weighted by atomic mass is 32.1. The van der Waals surface area contributed by atoms with E-state index in [2.05, 4.69) is 10.3 Å². The lowest BCUT2D eigenvalue weighted by molar-refractivity contribution is -0.118. The van der Waals surface area contributed by atoms with Gasteiger partial charge in [-0.05, 0) is 43.3 Å². The average molecular weight is 349 g/mol. The maximum absolute atomic E-state index is 12.0. The van der Waals surface area contributed by atoms with E-state index in [1.807, 2.05) is 42.6 Å². The van der Waals surface area contributed by atoms with Crippen LogP contribution in [-0.2, 0) is 4.79 Å². The summed E-state index contributed by atoms with van der Waals surface area (Å²) in [5, 5.41) is 14.7. The Morgan fingerprint density at radius 1 is 1.24 bits per heavy atom. The van der Waals surface area contributed by atoms with E-state index in [9.17, 15) is 4.79 Å². The van der Waals surface area contributed by atoms with Crippen LogP contribution in [0, 0.1) is 18.3 Å². The fraction of sp³-hybridized carbons (Fsp3) is 0.105. The number of aromatic nitrogens is 1. The average Bonchev–Trinajstić information content (AvgIpc) is 3.07. The molecule has 1 N–H and O–H groups in total. The molecule has 1 aromatic heterocycles. The lowest BCUT2D eigenvalue weighted by Crippen LogP contribution is -2.20. The molecule has 0 bridgehead atoms. The fourth-order valence-corrected chi connectivity index (χ4v) is 3.01. The number of nitriles is 1. The summed E-state index contributed by atoms with van der Waals surface area (Å²) < 4.78 is 5.50. The highest BCUT2D eigenvalue weighted by Gasteiger charge is 2.08. The fourth-order valence-electron chi connectivity index (χ4n) is 2.21. The molecular weight excluding hydrogens is 334 g/mol. The second-order valence-corrected chi connectivity index (χ2v) is 6.17. The Bertz CT molecular complexity index is 926. The Kier molecular flexibility index (Phi) is 5.07. The Morgan fingerprint density at radius 3 is 2.68 bits per heavy atom. The van der Waals surface area contributed by atoms with E-state index >= 15 is 0 Å². The maximum Gasteiger partial charge on any atom is 0.262 e. The van der Waals surface area contributed by atoms with Crippen LogP contribution >= 0.6 is 11.3 Å². The van der Waals surface area contributed by atoms with Gasteiger partial charge in [0, 0.05) is 16.6 Å². The number of hydrogen-bond acceptors (Lipinski definition) is 5. The third-order valence-electron chi connectivity index (χ3n) is 3.41. The number of carbonyl (C=O) groups excluding carboxylic acids is 1. The predicted molar refractivity (Wildman–Crippen MR) is 97.6 cm³/mol. The van der Waals surface area contributed by atoms with Gasteiger partial charge in [-0.3, -0.25) is 4.79 Å². The summed E-state index contributed by atoms with van der Waals surface area (Å²) >= 11 is 1.59. The molecule has 0 unspecified atom stereocenters. The second-order valence-electron chi connectivity index (χ2n) is 5.31. The van der Waals surface area contributed by atoms with Crippen molar-refractivity contribution in [2.75, 3.05) is 11.9 Å². The molecule has 124 valence electrons. The molecule has 3 rings (SSSR count). The van der Waals surface area contributed by atoms with Crippen molar-refractivity contribution in [3.05, 3.63) is 65.2 Å². The summed E-state index contributed by atoms with van der Waals surface area (Å²) in [5.41, 5.74) is 2.90. The van der Waals surface area contributed by atoms with Gasteiger partial charge < -0.3 is 10.1 Å². The normalized spacial score (nSPS) is 10.1. The molecule has 3 aromatic rings. The van der Waals surface area contributed by atoms with Crippen molar-refractivity contribution in [1.29, 1.82) is 5.26 Å². The van der Waals surface area contributed by atoms with Gasteiger partial charge in [0.1, 0.15) is 16.8 Å². The van der Waals surface area contributed by atoms with Crippen molar-refractivity contribution in [2.45, 2.75) is 6.92 Å². The van der Waals surface area contributed by atoms with Gasteiger partial charge in [0.25, 0.3) is 5.91 Å². The monoisotopic (exact) mass is 349 g/mol. The van der Waals surface area contributed by atoms with E-state index in [1.54, 1.807) is 35.6 Å². The van der Waals surface area contributed by atoms with Gasteiger partial charge in [-0.2, -0.15) is 5.26 Å². The molecule has 1 heterocycles. The van der Waals surface area contributed by atoms with Gasteiger partial charge >= 0.3 is 0 Å². The lowest BCUT2D eigenvalue weighted by atomic mass is 10.2. The van der Waals surface area contributed by atoms with Crippen molar-refractivity contribution in [3.8, 4) is 22.4 Å². The van der Waals surface area contributed by atoms with Gasteiger partial charge in [0.05, 0.1) is 11.3 Å². The topological polar surface area (TPSA) is 75.0 Å². The van der Waals surface area contributed by atoms with Crippen molar-refractivity contribution < 1.29 is 9.53 Å². The summed E-state index contributed by atoms with van der Waals surface area (Å²) in [7, 11) is 0. The Morgan fingerprint density at radius 2 is 2.00 bits per heavy atom. The minimum atomic E-state index is -0.317. The first-order valence-electron chi connectivity index (χ1n) is 7.60. The molecule has 0 fully saturated rings. The second kappa shape index (κ2) is 7.60. The summed E-state index contributed by atoms with van der Waals surface area (Å²) in [4.78, 5) is 16.4. The zero-order valence-electron chi connectivity index (χ0n) is 13.5. The van der Waals surface area contributed by atoms with Gasteiger partial charge in [-0.1, -0.05) is 12.1 Å². The highest BCUT2D eigenvalue weighted by molar-refractivity contribution is 7.13. The summed E-state index contributed by atoms with van der Waals surface area (Å²) in [5.74, 6) is 0.281. The van der Waals surface area contributed by atoms with E-state index in [0.717, 1.165) is 16.3 Å². The third kappa shape index (κ3) is 4.22. The van der Waals surface area contributed by atoms with Crippen molar-refractivity contribution in [1.82, 2.24) is 4.98 Å². The number of carbonyl (C=O) groups is 1. The van der Waals surface area contributed by atoms with Crippen LogP contribution in [0.1, 0.15) is 11.3 Å². The maximum atomic E-state index is 12.0. The number of nitrogens with one attached hydrogen (secondary N) is 1. The molecule has 1 amide bonds. The van der Waals surface area contributed by atoms with Crippen LogP contribution in [0.2, 0.25) is 0 Å². The van der Waals surface area contributed by atoms with Crippen molar-refractivity contribution >= 4 is 22.9 Å². The number of aryl methyl sites for hydroxylation is 1. The third-order valence-corrected chi connectivity index (χ3v) is 4.42. The van der Waals surface area contributed by atoms with Crippen molar-refractivity contribution in [2.24, 2.45) is 0 Å². The summed E-state index contributed by atoms with van der Waals surface area (Å²) in [6.45, 7) is 1.83. The van der Waals surface area contributed by atoms with Gasteiger partial charge in [-0.15, -0.1) is 11.3 Å². The molecule has 5 nitrogen and oxygen atoms in total.